The first-order valence-electron chi connectivity index (χ1n) is 8.69. The molecule has 1 amide bonds. The molecule has 2 rings (SSSR count). The quantitative estimate of drug-likeness (QED) is 0.659. The molecule has 0 spiro atoms. The first-order chi connectivity index (χ1) is 12.8. The van der Waals surface area contributed by atoms with Crippen molar-refractivity contribution in [3.05, 3.63) is 42.0 Å². The van der Waals surface area contributed by atoms with Crippen LogP contribution in [0.2, 0.25) is 0 Å². The molecule has 0 aliphatic carbocycles. The molecule has 0 aliphatic heterocycles. The summed E-state index contributed by atoms with van der Waals surface area (Å²) in [7, 11) is 3.04. The SMILES string of the molecule is COc1cc(C(=O)N(C)Cc2nccn2C(F)F)ccc1OCCC(C)C. The molecule has 6 nitrogen and oxygen atoms in total. The Kier molecular flexibility index (Phi) is 7.15. The first-order valence-corrected chi connectivity index (χ1v) is 8.69. The molecule has 0 saturated carbocycles. The lowest BCUT2D eigenvalue weighted by Crippen LogP contribution is -2.28. The molecule has 0 fully saturated rings. The highest BCUT2D eigenvalue weighted by Crippen LogP contribution is 2.29. The van der Waals surface area contributed by atoms with Crippen LogP contribution in [0.15, 0.2) is 30.6 Å². The van der Waals surface area contributed by atoms with E-state index in [4.69, 9.17) is 9.47 Å². The molecule has 1 aromatic carbocycles. The summed E-state index contributed by atoms with van der Waals surface area (Å²) in [6.07, 6.45) is 3.38. The summed E-state index contributed by atoms with van der Waals surface area (Å²) in [4.78, 5) is 17.9. The van der Waals surface area contributed by atoms with E-state index in [-0.39, 0.29) is 18.3 Å². The molecule has 0 bridgehead atoms. The zero-order valence-corrected chi connectivity index (χ0v) is 16.0. The van der Waals surface area contributed by atoms with Crippen LogP contribution in [-0.2, 0) is 6.54 Å². The number of carbonyl (C=O) groups is 1. The predicted molar refractivity (Wildman–Crippen MR) is 97.2 cm³/mol. The van der Waals surface area contributed by atoms with Crippen LogP contribution in [0, 0.1) is 5.92 Å². The summed E-state index contributed by atoms with van der Waals surface area (Å²) in [6.45, 7) is 2.03. The number of hydrogen-bond acceptors (Lipinski definition) is 4. The van der Waals surface area contributed by atoms with Crippen molar-refractivity contribution in [2.24, 2.45) is 5.92 Å². The number of benzene rings is 1. The fourth-order valence-corrected chi connectivity index (χ4v) is 2.47. The van der Waals surface area contributed by atoms with E-state index in [9.17, 15) is 13.6 Å². The van der Waals surface area contributed by atoms with Crippen molar-refractivity contribution in [3.8, 4) is 11.5 Å². The molecule has 27 heavy (non-hydrogen) atoms. The lowest BCUT2D eigenvalue weighted by atomic mass is 10.1. The van der Waals surface area contributed by atoms with E-state index in [0.717, 1.165) is 11.0 Å². The highest BCUT2D eigenvalue weighted by Gasteiger charge is 2.19. The Bertz CT molecular complexity index is 762. The number of carbonyl (C=O) groups excluding carboxylic acids is 1. The Morgan fingerprint density at radius 2 is 2.04 bits per heavy atom. The molecule has 0 saturated heterocycles. The van der Waals surface area contributed by atoms with Crippen molar-refractivity contribution < 1.29 is 23.0 Å². The number of hydrogen-bond donors (Lipinski definition) is 0. The van der Waals surface area contributed by atoms with Crippen molar-refractivity contribution in [1.29, 1.82) is 0 Å². The average Bonchev–Trinajstić information content (AvgIpc) is 3.09. The first kappa shape index (κ1) is 20.7. The van der Waals surface area contributed by atoms with Gasteiger partial charge in [0.25, 0.3) is 5.91 Å². The van der Waals surface area contributed by atoms with E-state index < -0.39 is 6.55 Å². The molecule has 8 heteroatoms. The minimum atomic E-state index is -2.70. The van der Waals surface area contributed by atoms with Gasteiger partial charge in [-0.1, -0.05) is 13.8 Å². The maximum absolute atomic E-state index is 12.9. The molecule has 0 aliphatic rings. The number of rotatable bonds is 9. The van der Waals surface area contributed by atoms with Crippen LogP contribution in [0.5, 0.6) is 11.5 Å². The highest BCUT2D eigenvalue weighted by atomic mass is 19.3. The van der Waals surface area contributed by atoms with E-state index in [0.29, 0.717) is 29.6 Å². The van der Waals surface area contributed by atoms with Gasteiger partial charge in [0.1, 0.15) is 5.82 Å². The van der Waals surface area contributed by atoms with Gasteiger partial charge in [0.15, 0.2) is 11.5 Å². The summed E-state index contributed by atoms with van der Waals surface area (Å²) in [6, 6.07) is 4.90. The van der Waals surface area contributed by atoms with Crippen molar-refractivity contribution in [3.63, 3.8) is 0 Å². The number of methoxy groups -OCH3 is 1. The van der Waals surface area contributed by atoms with Crippen LogP contribution in [0.25, 0.3) is 0 Å². The Hall–Kier alpha value is -2.64. The minimum absolute atomic E-state index is 0.0366. The molecular weight excluding hydrogens is 356 g/mol. The monoisotopic (exact) mass is 381 g/mol. The average molecular weight is 381 g/mol. The largest absolute Gasteiger partial charge is 0.493 e. The van der Waals surface area contributed by atoms with E-state index in [1.807, 2.05) is 0 Å². The second-order valence-corrected chi connectivity index (χ2v) is 6.59. The topological polar surface area (TPSA) is 56.6 Å². The van der Waals surface area contributed by atoms with Crippen molar-refractivity contribution in [1.82, 2.24) is 14.5 Å². The zero-order valence-electron chi connectivity index (χ0n) is 16.0. The van der Waals surface area contributed by atoms with Crippen molar-refractivity contribution in [2.75, 3.05) is 20.8 Å². The van der Waals surface area contributed by atoms with Crippen LogP contribution in [0.1, 0.15) is 43.0 Å². The lowest BCUT2D eigenvalue weighted by Gasteiger charge is -2.19. The molecule has 1 aromatic heterocycles. The third-order valence-electron chi connectivity index (χ3n) is 4.05. The fourth-order valence-electron chi connectivity index (χ4n) is 2.47. The van der Waals surface area contributed by atoms with Gasteiger partial charge in [-0.2, -0.15) is 8.78 Å². The van der Waals surface area contributed by atoms with Crippen LogP contribution in [-0.4, -0.2) is 41.1 Å². The lowest BCUT2D eigenvalue weighted by molar-refractivity contribution is 0.0612. The summed E-state index contributed by atoms with van der Waals surface area (Å²) in [5, 5.41) is 0. The van der Waals surface area contributed by atoms with Gasteiger partial charge in [-0.25, -0.2) is 4.98 Å². The molecule has 0 atom stereocenters. The van der Waals surface area contributed by atoms with E-state index >= 15 is 0 Å². The van der Waals surface area contributed by atoms with Gasteiger partial charge in [0.05, 0.1) is 20.3 Å². The molecule has 0 unspecified atom stereocenters. The molecular formula is C19H25F2N3O3. The predicted octanol–water partition coefficient (Wildman–Crippen LogP) is 3.98. The summed E-state index contributed by atoms with van der Waals surface area (Å²) in [5.41, 5.74) is 0.376. The Labute approximate surface area is 157 Å². The summed E-state index contributed by atoms with van der Waals surface area (Å²) < 4.78 is 37.6. The number of nitrogens with zero attached hydrogens (tertiary/aromatic N) is 3. The van der Waals surface area contributed by atoms with Crippen molar-refractivity contribution in [2.45, 2.75) is 33.4 Å². The third-order valence-corrected chi connectivity index (χ3v) is 4.05. The molecule has 1 heterocycles. The fraction of sp³-hybridized carbons (Fsp3) is 0.474. The van der Waals surface area contributed by atoms with Crippen LogP contribution in [0.3, 0.4) is 0 Å². The number of alkyl halides is 2. The standard InChI is InChI=1S/C19H25F2N3O3/c1-13(2)7-10-27-15-6-5-14(11-16(15)26-4)18(25)23(3)12-17-22-8-9-24(17)19(20)21/h5-6,8-9,11,13,19H,7,10,12H2,1-4H3. The third kappa shape index (κ3) is 5.42. The van der Waals surface area contributed by atoms with E-state index in [2.05, 4.69) is 18.8 Å². The van der Waals surface area contributed by atoms with E-state index in [1.165, 1.54) is 31.5 Å². The minimum Gasteiger partial charge on any atom is -0.493 e. The zero-order chi connectivity index (χ0) is 20.0. The van der Waals surface area contributed by atoms with Gasteiger partial charge in [-0.3, -0.25) is 9.36 Å². The van der Waals surface area contributed by atoms with Gasteiger partial charge < -0.3 is 14.4 Å². The number of aromatic nitrogens is 2. The molecule has 2 aromatic rings. The number of ether oxygens (including phenoxy) is 2. The van der Waals surface area contributed by atoms with Gasteiger partial charge >= 0.3 is 6.55 Å². The normalized spacial score (nSPS) is 11.1. The van der Waals surface area contributed by atoms with Crippen LogP contribution in [0.4, 0.5) is 8.78 Å². The van der Waals surface area contributed by atoms with Gasteiger partial charge in [0.2, 0.25) is 0 Å². The van der Waals surface area contributed by atoms with E-state index in [1.54, 1.807) is 18.2 Å². The second-order valence-electron chi connectivity index (χ2n) is 6.59. The number of halogens is 2. The van der Waals surface area contributed by atoms with Gasteiger partial charge in [-0.05, 0) is 30.5 Å². The number of amides is 1. The number of imidazole rings is 1. The smallest absolute Gasteiger partial charge is 0.319 e. The van der Waals surface area contributed by atoms with Crippen LogP contribution >= 0.6 is 0 Å². The summed E-state index contributed by atoms with van der Waals surface area (Å²) >= 11 is 0. The molecule has 0 radical (unpaired) electrons. The Morgan fingerprint density at radius 3 is 2.67 bits per heavy atom. The molecule has 148 valence electrons. The summed E-state index contributed by atoms with van der Waals surface area (Å²) in [5.74, 6) is 1.32. The highest BCUT2D eigenvalue weighted by molar-refractivity contribution is 5.94. The van der Waals surface area contributed by atoms with Gasteiger partial charge in [0, 0.05) is 25.0 Å². The maximum atomic E-state index is 12.9. The van der Waals surface area contributed by atoms with Crippen LogP contribution < -0.4 is 9.47 Å². The molecule has 0 N–H and O–H groups in total. The maximum Gasteiger partial charge on any atom is 0.319 e. The Balaban J connectivity index is 2.09. The van der Waals surface area contributed by atoms with Gasteiger partial charge in [-0.15, -0.1) is 0 Å². The second kappa shape index (κ2) is 9.34. The Morgan fingerprint density at radius 1 is 1.30 bits per heavy atom. The van der Waals surface area contributed by atoms with Crippen molar-refractivity contribution >= 4 is 5.91 Å².